The molecule has 1 aliphatic heterocycles. The third-order valence-corrected chi connectivity index (χ3v) is 4.06. The van der Waals surface area contributed by atoms with Gasteiger partial charge in [-0.3, -0.25) is 4.79 Å². The van der Waals surface area contributed by atoms with Crippen LogP contribution in [0.4, 0.5) is 11.5 Å². The van der Waals surface area contributed by atoms with Gasteiger partial charge in [0, 0.05) is 43.6 Å². The van der Waals surface area contributed by atoms with Gasteiger partial charge in [-0.15, -0.1) is 0 Å². The van der Waals surface area contributed by atoms with Crippen LogP contribution in [-0.4, -0.2) is 42.0 Å². The number of rotatable bonds is 2. The molecule has 22 heavy (non-hydrogen) atoms. The Hall–Kier alpha value is -2.27. The smallest absolute Gasteiger partial charge is 0.253 e. The van der Waals surface area contributed by atoms with Gasteiger partial charge in [-0.1, -0.05) is 11.6 Å². The van der Waals surface area contributed by atoms with E-state index in [1.807, 2.05) is 17.0 Å². The monoisotopic (exact) mass is 316 g/mol. The van der Waals surface area contributed by atoms with Crippen molar-refractivity contribution < 1.29 is 4.79 Å². The van der Waals surface area contributed by atoms with Crippen molar-refractivity contribution in [1.29, 1.82) is 0 Å². The highest BCUT2D eigenvalue weighted by Crippen LogP contribution is 2.23. The Bertz CT molecular complexity index is 666. The number of pyridine rings is 1. The summed E-state index contributed by atoms with van der Waals surface area (Å²) in [4.78, 5) is 20.7. The number of carbonyl (C=O) groups excluding carboxylic acids is 1. The zero-order valence-electron chi connectivity index (χ0n) is 12.1. The van der Waals surface area contributed by atoms with Gasteiger partial charge in [-0.2, -0.15) is 0 Å². The van der Waals surface area contributed by atoms with Gasteiger partial charge in [0.05, 0.1) is 5.02 Å². The van der Waals surface area contributed by atoms with Gasteiger partial charge >= 0.3 is 0 Å². The summed E-state index contributed by atoms with van der Waals surface area (Å²) in [7, 11) is 0. The Morgan fingerprint density at radius 2 is 1.77 bits per heavy atom. The minimum Gasteiger partial charge on any atom is -0.399 e. The van der Waals surface area contributed by atoms with E-state index in [0.717, 1.165) is 18.9 Å². The van der Waals surface area contributed by atoms with E-state index in [2.05, 4.69) is 9.88 Å². The molecule has 3 rings (SSSR count). The molecule has 1 aliphatic rings. The molecule has 1 aromatic heterocycles. The molecular weight excluding hydrogens is 300 g/mol. The lowest BCUT2D eigenvalue weighted by Gasteiger charge is -2.35. The predicted octanol–water partition coefficient (Wildman–Crippen LogP) is 2.28. The number of hydrogen-bond donors (Lipinski definition) is 1. The molecule has 2 heterocycles. The summed E-state index contributed by atoms with van der Waals surface area (Å²) in [6, 6.07) is 10.7. The number of nitrogens with two attached hydrogens (primary N) is 1. The zero-order valence-corrected chi connectivity index (χ0v) is 12.8. The SMILES string of the molecule is Nc1ccc(C(=O)N2CCN(c3ncccc3Cl)CC2)cc1. The Kier molecular flexibility index (Phi) is 4.15. The van der Waals surface area contributed by atoms with Gasteiger partial charge in [0.15, 0.2) is 0 Å². The highest BCUT2D eigenvalue weighted by atomic mass is 35.5. The molecule has 0 aliphatic carbocycles. The molecule has 6 heteroatoms. The average molecular weight is 317 g/mol. The summed E-state index contributed by atoms with van der Waals surface area (Å²) in [6.07, 6.45) is 1.73. The molecule has 0 saturated carbocycles. The Morgan fingerprint density at radius 3 is 2.41 bits per heavy atom. The molecule has 0 bridgehead atoms. The zero-order chi connectivity index (χ0) is 15.5. The molecule has 0 unspecified atom stereocenters. The van der Waals surface area contributed by atoms with Crippen LogP contribution in [0.1, 0.15) is 10.4 Å². The molecule has 5 nitrogen and oxygen atoms in total. The van der Waals surface area contributed by atoms with Gasteiger partial charge in [0.25, 0.3) is 5.91 Å². The Balaban J connectivity index is 1.65. The molecule has 2 N–H and O–H groups in total. The van der Waals surface area contributed by atoms with Gasteiger partial charge in [0.2, 0.25) is 0 Å². The van der Waals surface area contributed by atoms with E-state index >= 15 is 0 Å². The molecule has 0 spiro atoms. The summed E-state index contributed by atoms with van der Waals surface area (Å²) < 4.78 is 0. The standard InChI is InChI=1S/C16H17ClN4O/c17-14-2-1-7-19-15(14)20-8-10-21(11-9-20)16(22)12-3-5-13(18)6-4-12/h1-7H,8-11,18H2. The quantitative estimate of drug-likeness (QED) is 0.863. The third-order valence-electron chi connectivity index (χ3n) is 3.76. The molecule has 1 amide bonds. The second-order valence-corrected chi connectivity index (χ2v) is 5.62. The lowest BCUT2D eigenvalue weighted by atomic mass is 10.1. The first-order chi connectivity index (χ1) is 10.6. The summed E-state index contributed by atoms with van der Waals surface area (Å²) in [5.41, 5.74) is 6.97. The number of anilines is 2. The van der Waals surface area contributed by atoms with Crippen LogP contribution in [0.15, 0.2) is 42.6 Å². The van der Waals surface area contributed by atoms with E-state index < -0.39 is 0 Å². The molecule has 2 aromatic rings. The van der Waals surface area contributed by atoms with Crippen LogP contribution in [0, 0.1) is 0 Å². The fraction of sp³-hybridized carbons (Fsp3) is 0.250. The van der Waals surface area contributed by atoms with Crippen LogP contribution in [-0.2, 0) is 0 Å². The first-order valence-electron chi connectivity index (χ1n) is 7.15. The molecule has 0 atom stereocenters. The van der Waals surface area contributed by atoms with E-state index in [1.165, 1.54) is 0 Å². The van der Waals surface area contributed by atoms with E-state index in [4.69, 9.17) is 17.3 Å². The third kappa shape index (κ3) is 2.99. The van der Waals surface area contributed by atoms with Crippen molar-refractivity contribution in [1.82, 2.24) is 9.88 Å². The largest absolute Gasteiger partial charge is 0.399 e. The maximum atomic E-state index is 12.4. The maximum Gasteiger partial charge on any atom is 0.253 e. The fourth-order valence-corrected chi connectivity index (χ4v) is 2.78. The minimum absolute atomic E-state index is 0.0340. The summed E-state index contributed by atoms with van der Waals surface area (Å²) >= 11 is 6.17. The van der Waals surface area contributed by atoms with Crippen LogP contribution in [0.3, 0.4) is 0 Å². The molecule has 0 radical (unpaired) electrons. The van der Waals surface area contributed by atoms with Gasteiger partial charge in [0.1, 0.15) is 5.82 Å². The molecular formula is C16H17ClN4O. The van der Waals surface area contributed by atoms with Crippen LogP contribution in [0.5, 0.6) is 0 Å². The van der Waals surface area contributed by atoms with Gasteiger partial charge < -0.3 is 15.5 Å². The second-order valence-electron chi connectivity index (χ2n) is 5.21. The number of nitrogen functional groups attached to an aromatic ring is 1. The molecule has 114 valence electrons. The molecule has 1 aromatic carbocycles. The number of piperazine rings is 1. The topological polar surface area (TPSA) is 62.5 Å². The minimum atomic E-state index is 0.0340. The predicted molar refractivity (Wildman–Crippen MR) is 88.2 cm³/mol. The summed E-state index contributed by atoms with van der Waals surface area (Å²) in [5.74, 6) is 0.815. The summed E-state index contributed by atoms with van der Waals surface area (Å²) in [5, 5.41) is 0.640. The average Bonchev–Trinajstić information content (AvgIpc) is 2.56. The lowest BCUT2D eigenvalue weighted by Crippen LogP contribution is -2.49. The number of nitrogens with zero attached hydrogens (tertiary/aromatic N) is 3. The number of aromatic nitrogens is 1. The molecule has 1 saturated heterocycles. The number of hydrogen-bond acceptors (Lipinski definition) is 4. The normalized spacial score (nSPS) is 15.0. The first-order valence-corrected chi connectivity index (χ1v) is 7.53. The number of amides is 1. The second kappa shape index (κ2) is 6.23. The van der Waals surface area contributed by atoms with Crippen molar-refractivity contribution in [2.75, 3.05) is 36.8 Å². The fourth-order valence-electron chi connectivity index (χ4n) is 2.54. The van der Waals surface area contributed by atoms with Crippen LogP contribution in [0.2, 0.25) is 5.02 Å². The Morgan fingerprint density at radius 1 is 1.09 bits per heavy atom. The van der Waals surface area contributed by atoms with Crippen molar-refractivity contribution >= 4 is 29.0 Å². The van der Waals surface area contributed by atoms with Crippen LogP contribution < -0.4 is 10.6 Å². The van der Waals surface area contributed by atoms with E-state index in [0.29, 0.717) is 29.4 Å². The summed E-state index contributed by atoms with van der Waals surface area (Å²) in [6.45, 7) is 2.74. The van der Waals surface area contributed by atoms with Crippen molar-refractivity contribution in [3.8, 4) is 0 Å². The lowest BCUT2D eigenvalue weighted by molar-refractivity contribution is 0.0746. The van der Waals surface area contributed by atoms with Crippen LogP contribution in [0.25, 0.3) is 0 Å². The van der Waals surface area contributed by atoms with Gasteiger partial charge in [-0.05, 0) is 36.4 Å². The number of halogens is 1. The number of carbonyl (C=O) groups is 1. The van der Waals surface area contributed by atoms with E-state index in [9.17, 15) is 4.79 Å². The van der Waals surface area contributed by atoms with Crippen molar-refractivity contribution in [2.45, 2.75) is 0 Å². The molecule has 1 fully saturated rings. The highest BCUT2D eigenvalue weighted by Gasteiger charge is 2.23. The van der Waals surface area contributed by atoms with Crippen molar-refractivity contribution in [3.05, 3.63) is 53.2 Å². The van der Waals surface area contributed by atoms with E-state index in [1.54, 1.807) is 30.5 Å². The van der Waals surface area contributed by atoms with Crippen LogP contribution >= 0.6 is 11.6 Å². The number of benzene rings is 1. The Labute approximate surface area is 134 Å². The highest BCUT2D eigenvalue weighted by molar-refractivity contribution is 6.32. The van der Waals surface area contributed by atoms with E-state index in [-0.39, 0.29) is 5.91 Å². The van der Waals surface area contributed by atoms with Crippen molar-refractivity contribution in [3.63, 3.8) is 0 Å². The first kappa shape index (κ1) is 14.7. The maximum absolute atomic E-state index is 12.4. The van der Waals surface area contributed by atoms with Crippen molar-refractivity contribution in [2.24, 2.45) is 0 Å². The van der Waals surface area contributed by atoms with Gasteiger partial charge in [-0.25, -0.2) is 4.98 Å².